The van der Waals surface area contributed by atoms with Crippen molar-refractivity contribution in [3.05, 3.63) is 71.4 Å². The number of rotatable bonds is 4. The third kappa shape index (κ3) is 4.36. The van der Waals surface area contributed by atoms with Gasteiger partial charge in [0.05, 0.1) is 18.8 Å². The quantitative estimate of drug-likeness (QED) is 0.839. The van der Waals surface area contributed by atoms with E-state index in [0.717, 1.165) is 47.7 Å². The van der Waals surface area contributed by atoms with Gasteiger partial charge in [-0.25, -0.2) is 8.78 Å². The molecular formula is C21H21F2N3O2. The lowest BCUT2D eigenvalue weighted by atomic mass is 9.88. The maximum Gasteiger partial charge on any atom is 0.251 e. The smallest absolute Gasteiger partial charge is 0.251 e. The van der Waals surface area contributed by atoms with Crippen molar-refractivity contribution in [2.75, 3.05) is 7.11 Å². The second-order valence-electron chi connectivity index (χ2n) is 6.43. The van der Waals surface area contributed by atoms with E-state index in [1.54, 1.807) is 7.11 Å². The van der Waals surface area contributed by atoms with Gasteiger partial charge in [0, 0.05) is 23.0 Å². The molecule has 0 bridgehead atoms. The van der Waals surface area contributed by atoms with Crippen LogP contribution in [-0.2, 0) is 0 Å². The summed E-state index contributed by atoms with van der Waals surface area (Å²) >= 11 is 0. The molecule has 28 heavy (non-hydrogen) atoms. The van der Waals surface area contributed by atoms with Crippen molar-refractivity contribution < 1.29 is 18.3 Å². The predicted octanol–water partition coefficient (Wildman–Crippen LogP) is 3.87. The lowest BCUT2D eigenvalue weighted by Crippen LogP contribution is -2.41. The second-order valence-corrected chi connectivity index (χ2v) is 6.43. The summed E-state index contributed by atoms with van der Waals surface area (Å²) in [6.07, 6.45) is 3.67. The second kappa shape index (κ2) is 8.65. The monoisotopic (exact) mass is 385 g/mol. The number of halogens is 2. The minimum absolute atomic E-state index is 0.0505. The Kier molecular flexibility index (Phi) is 6.03. The molecule has 1 unspecified atom stereocenters. The molecule has 2 aromatic rings. The highest BCUT2D eigenvalue weighted by atomic mass is 19.2. The van der Waals surface area contributed by atoms with Crippen LogP contribution in [0, 0.1) is 11.6 Å². The number of nitrogens with zero attached hydrogens (tertiary/aromatic N) is 1. The lowest BCUT2D eigenvalue weighted by Gasteiger charge is -2.27. The van der Waals surface area contributed by atoms with E-state index in [4.69, 9.17) is 10.5 Å². The van der Waals surface area contributed by atoms with Gasteiger partial charge in [0.1, 0.15) is 5.75 Å². The zero-order valence-corrected chi connectivity index (χ0v) is 15.4. The molecule has 1 saturated carbocycles. The first-order valence-electron chi connectivity index (χ1n) is 8.91. The number of hydrogen-bond acceptors (Lipinski definition) is 4. The summed E-state index contributed by atoms with van der Waals surface area (Å²) in [6.45, 7) is 0. The van der Waals surface area contributed by atoms with Crippen molar-refractivity contribution in [3.8, 4) is 5.75 Å². The molecule has 0 saturated heterocycles. The number of hydrogen-bond donors (Lipinski definition) is 2. The highest BCUT2D eigenvalue weighted by Gasteiger charge is 2.26. The van der Waals surface area contributed by atoms with Crippen LogP contribution in [-0.4, -0.2) is 24.8 Å². The summed E-state index contributed by atoms with van der Waals surface area (Å²) in [5.41, 5.74) is 8.13. The van der Waals surface area contributed by atoms with Crippen molar-refractivity contribution in [3.63, 3.8) is 0 Å². The van der Waals surface area contributed by atoms with Crippen LogP contribution in [0.1, 0.15) is 29.6 Å². The highest BCUT2D eigenvalue weighted by molar-refractivity contribution is 6.04. The van der Waals surface area contributed by atoms with Crippen LogP contribution in [0.25, 0.3) is 0 Å². The third-order valence-corrected chi connectivity index (χ3v) is 4.62. The molecule has 1 aliphatic carbocycles. The molecule has 0 aliphatic heterocycles. The van der Waals surface area contributed by atoms with Gasteiger partial charge in [-0.3, -0.25) is 9.79 Å². The van der Waals surface area contributed by atoms with E-state index in [0.29, 0.717) is 6.42 Å². The fourth-order valence-corrected chi connectivity index (χ4v) is 3.15. The molecule has 3 N–H and O–H groups in total. The standard InChI is InChI=1S/C21H21F2N3O2/c1-28-15-8-6-14(7-9-15)25-19-3-2-4-20(16(19)12-24)26-21(27)13-5-10-17(22)18(23)11-13/h5-12,20H,2-4,24H2,1H3,(H,26,27)/b16-12+,25-19?. The molecule has 1 amide bonds. The number of nitrogens with two attached hydrogens (primary N) is 1. The number of methoxy groups -OCH3 is 1. The molecule has 3 rings (SSSR count). The average molecular weight is 385 g/mol. The Labute approximate surface area is 161 Å². The molecule has 5 nitrogen and oxygen atoms in total. The fraction of sp³-hybridized carbons (Fsp3) is 0.238. The topological polar surface area (TPSA) is 76.7 Å². The molecule has 1 fully saturated rings. The van der Waals surface area contributed by atoms with Crippen LogP contribution in [0.2, 0.25) is 0 Å². The number of aliphatic imine (C=N–C) groups is 1. The molecule has 0 aromatic heterocycles. The minimum Gasteiger partial charge on any atom is -0.497 e. The molecule has 0 heterocycles. The number of carbonyl (C=O) groups is 1. The summed E-state index contributed by atoms with van der Waals surface area (Å²) in [7, 11) is 1.59. The van der Waals surface area contributed by atoms with Gasteiger partial charge in [-0.2, -0.15) is 0 Å². The molecular weight excluding hydrogens is 364 g/mol. The Morgan fingerprint density at radius 2 is 1.96 bits per heavy atom. The third-order valence-electron chi connectivity index (χ3n) is 4.62. The largest absolute Gasteiger partial charge is 0.497 e. The fourth-order valence-electron chi connectivity index (χ4n) is 3.15. The van der Waals surface area contributed by atoms with Crippen LogP contribution in [0.5, 0.6) is 5.75 Å². The predicted molar refractivity (Wildman–Crippen MR) is 104 cm³/mol. The van der Waals surface area contributed by atoms with E-state index in [2.05, 4.69) is 10.3 Å². The van der Waals surface area contributed by atoms with Crippen LogP contribution in [0.3, 0.4) is 0 Å². The Morgan fingerprint density at radius 3 is 2.61 bits per heavy atom. The van der Waals surface area contributed by atoms with Crippen LogP contribution in [0.4, 0.5) is 14.5 Å². The number of amides is 1. The summed E-state index contributed by atoms with van der Waals surface area (Å²) in [6, 6.07) is 10.0. The van der Waals surface area contributed by atoms with E-state index in [9.17, 15) is 13.6 Å². The van der Waals surface area contributed by atoms with Gasteiger partial charge in [0.15, 0.2) is 11.6 Å². The molecule has 2 aromatic carbocycles. The zero-order valence-electron chi connectivity index (χ0n) is 15.4. The van der Waals surface area contributed by atoms with Crippen molar-refractivity contribution in [2.24, 2.45) is 10.7 Å². The van der Waals surface area contributed by atoms with E-state index < -0.39 is 17.5 Å². The molecule has 1 atom stereocenters. The molecule has 0 radical (unpaired) electrons. The minimum atomic E-state index is -1.06. The van der Waals surface area contributed by atoms with Crippen molar-refractivity contribution in [2.45, 2.75) is 25.3 Å². The van der Waals surface area contributed by atoms with Gasteiger partial charge in [-0.1, -0.05) is 0 Å². The highest BCUT2D eigenvalue weighted by Crippen LogP contribution is 2.26. The maximum absolute atomic E-state index is 13.4. The summed E-state index contributed by atoms with van der Waals surface area (Å²) in [5.74, 6) is -1.81. The summed E-state index contributed by atoms with van der Waals surface area (Å²) < 4.78 is 31.6. The Balaban J connectivity index is 1.78. The lowest BCUT2D eigenvalue weighted by molar-refractivity contribution is 0.0940. The Bertz CT molecular complexity index is 924. The average Bonchev–Trinajstić information content (AvgIpc) is 2.71. The Morgan fingerprint density at radius 1 is 1.21 bits per heavy atom. The van der Waals surface area contributed by atoms with Crippen LogP contribution in [0.15, 0.2) is 59.2 Å². The molecule has 7 heteroatoms. The summed E-state index contributed by atoms with van der Waals surface area (Å²) in [5, 5.41) is 2.84. The SMILES string of the molecule is COc1ccc(N=C2CCCC(NC(=O)c3ccc(F)c(F)c3)/C2=C/N)cc1. The van der Waals surface area contributed by atoms with E-state index in [1.807, 2.05) is 24.3 Å². The normalized spacial score (nSPS) is 19.6. The molecule has 146 valence electrons. The van der Waals surface area contributed by atoms with E-state index in [1.165, 1.54) is 12.3 Å². The van der Waals surface area contributed by atoms with Crippen molar-refractivity contribution in [1.29, 1.82) is 0 Å². The molecule has 0 spiro atoms. The van der Waals surface area contributed by atoms with Gasteiger partial charge in [0.25, 0.3) is 5.91 Å². The van der Waals surface area contributed by atoms with Gasteiger partial charge in [0.2, 0.25) is 0 Å². The van der Waals surface area contributed by atoms with Gasteiger partial charge >= 0.3 is 0 Å². The first-order valence-corrected chi connectivity index (χ1v) is 8.91. The zero-order chi connectivity index (χ0) is 20.1. The van der Waals surface area contributed by atoms with E-state index in [-0.39, 0.29) is 11.6 Å². The van der Waals surface area contributed by atoms with Crippen LogP contribution >= 0.6 is 0 Å². The van der Waals surface area contributed by atoms with Crippen molar-refractivity contribution >= 4 is 17.3 Å². The van der Waals surface area contributed by atoms with Gasteiger partial charge < -0.3 is 15.8 Å². The number of ether oxygens (including phenoxy) is 1. The first-order chi connectivity index (χ1) is 13.5. The van der Waals surface area contributed by atoms with Gasteiger partial charge in [-0.15, -0.1) is 0 Å². The Hall–Kier alpha value is -3.22. The number of benzene rings is 2. The summed E-state index contributed by atoms with van der Waals surface area (Å²) in [4.78, 5) is 17.1. The number of carbonyl (C=O) groups excluding carboxylic acids is 1. The van der Waals surface area contributed by atoms with E-state index >= 15 is 0 Å². The maximum atomic E-state index is 13.4. The molecule has 1 aliphatic rings. The van der Waals surface area contributed by atoms with Crippen molar-refractivity contribution in [1.82, 2.24) is 5.32 Å². The number of nitrogens with one attached hydrogen (secondary N) is 1. The van der Waals surface area contributed by atoms with Crippen LogP contribution < -0.4 is 15.8 Å². The first kappa shape index (κ1) is 19.5. The van der Waals surface area contributed by atoms with Gasteiger partial charge in [-0.05, 0) is 61.7 Å².